The quantitative estimate of drug-likeness (QED) is 0.602. The van der Waals surface area contributed by atoms with E-state index in [-0.39, 0.29) is 29.6 Å². The van der Waals surface area contributed by atoms with E-state index in [1.54, 1.807) is 6.07 Å². The van der Waals surface area contributed by atoms with Crippen molar-refractivity contribution in [1.29, 1.82) is 0 Å². The third-order valence-corrected chi connectivity index (χ3v) is 4.88. The molecule has 0 atom stereocenters. The van der Waals surface area contributed by atoms with E-state index in [0.717, 1.165) is 25.7 Å². The Morgan fingerprint density at radius 2 is 1.86 bits per heavy atom. The lowest BCUT2D eigenvalue weighted by molar-refractivity contribution is 0.0492. The summed E-state index contributed by atoms with van der Waals surface area (Å²) in [5.74, 6) is 0.245. The molecule has 156 valence electrons. The van der Waals surface area contributed by atoms with Crippen LogP contribution in [0.4, 0.5) is 10.6 Å². The highest BCUT2D eigenvalue weighted by Gasteiger charge is 2.26. The van der Waals surface area contributed by atoms with Crippen LogP contribution in [0.25, 0.3) is 0 Å². The van der Waals surface area contributed by atoms with Gasteiger partial charge in [0.2, 0.25) is 5.88 Å². The Labute approximate surface area is 174 Å². The molecule has 1 heterocycles. The zero-order valence-corrected chi connectivity index (χ0v) is 18.4. The van der Waals surface area contributed by atoms with Gasteiger partial charge in [0.25, 0.3) is 5.91 Å². The molecule has 0 aromatic carbocycles. The first-order valence-electron chi connectivity index (χ1n) is 9.48. The van der Waals surface area contributed by atoms with Crippen molar-refractivity contribution in [3.63, 3.8) is 0 Å². The normalized spacial score (nSPS) is 19.6. The number of ether oxygens (including phenoxy) is 2. The highest BCUT2D eigenvalue weighted by atomic mass is 79.9. The molecule has 4 N–H and O–H groups in total. The fourth-order valence-corrected chi connectivity index (χ4v) is 3.48. The number of hydrogen-bond acceptors (Lipinski definition) is 6. The first kappa shape index (κ1) is 22.3. The molecule has 2 rings (SSSR count). The Hall–Kier alpha value is -2.03. The molecule has 2 amide bonds. The van der Waals surface area contributed by atoms with Gasteiger partial charge >= 0.3 is 6.09 Å². The molecule has 28 heavy (non-hydrogen) atoms. The largest absolute Gasteiger partial charge is 0.477 e. The summed E-state index contributed by atoms with van der Waals surface area (Å²) >= 11 is 3.44. The van der Waals surface area contributed by atoms with E-state index in [0.29, 0.717) is 16.9 Å². The molecule has 8 nitrogen and oxygen atoms in total. The topological polar surface area (TPSA) is 116 Å². The summed E-state index contributed by atoms with van der Waals surface area (Å²) < 4.78 is 11.4. The standard InChI is InChI=1S/C19H29BrN4O4/c1-5-27-17-13(15(21)25)10-14(20)16(24-17)22-11-6-8-12(9-7-11)23-18(26)28-19(2,3)4/h10-12H,5-9H2,1-4H3,(H2,21,25)(H,22,24)(H,23,26). The van der Waals surface area contributed by atoms with Crippen LogP contribution in [0.1, 0.15) is 63.7 Å². The molecule has 0 saturated heterocycles. The lowest BCUT2D eigenvalue weighted by atomic mass is 9.91. The van der Waals surface area contributed by atoms with Gasteiger partial charge in [-0.3, -0.25) is 4.79 Å². The zero-order chi connectivity index (χ0) is 20.9. The van der Waals surface area contributed by atoms with Gasteiger partial charge in [0.15, 0.2) is 0 Å². The van der Waals surface area contributed by atoms with Crippen molar-refractivity contribution in [1.82, 2.24) is 10.3 Å². The number of aromatic nitrogens is 1. The summed E-state index contributed by atoms with van der Waals surface area (Å²) in [5, 5.41) is 6.32. The van der Waals surface area contributed by atoms with Crippen LogP contribution in [-0.2, 0) is 4.74 Å². The number of hydrogen-bond donors (Lipinski definition) is 3. The van der Waals surface area contributed by atoms with Crippen LogP contribution in [0.2, 0.25) is 0 Å². The van der Waals surface area contributed by atoms with Crippen LogP contribution >= 0.6 is 15.9 Å². The molecule has 0 radical (unpaired) electrons. The number of pyridine rings is 1. The van der Waals surface area contributed by atoms with Gasteiger partial charge in [0.1, 0.15) is 17.0 Å². The van der Waals surface area contributed by atoms with E-state index in [4.69, 9.17) is 15.2 Å². The molecule has 1 aliphatic carbocycles. The van der Waals surface area contributed by atoms with Crippen LogP contribution in [-0.4, -0.2) is 41.3 Å². The van der Waals surface area contributed by atoms with Crippen molar-refractivity contribution >= 4 is 33.7 Å². The summed E-state index contributed by atoms with van der Waals surface area (Å²) in [7, 11) is 0. The van der Waals surface area contributed by atoms with Crippen molar-refractivity contribution in [2.24, 2.45) is 5.73 Å². The molecule has 0 unspecified atom stereocenters. The van der Waals surface area contributed by atoms with Crippen LogP contribution in [0.3, 0.4) is 0 Å². The Morgan fingerprint density at radius 1 is 1.25 bits per heavy atom. The van der Waals surface area contributed by atoms with Crippen LogP contribution in [0, 0.1) is 0 Å². The molecule has 9 heteroatoms. The van der Waals surface area contributed by atoms with Gasteiger partial charge in [-0.2, -0.15) is 4.98 Å². The number of carbonyl (C=O) groups excluding carboxylic acids is 2. The highest BCUT2D eigenvalue weighted by Crippen LogP contribution is 2.30. The van der Waals surface area contributed by atoms with E-state index in [1.807, 2.05) is 27.7 Å². The lowest BCUT2D eigenvalue weighted by Crippen LogP contribution is -2.42. The first-order chi connectivity index (χ1) is 13.1. The third kappa shape index (κ3) is 6.54. The van der Waals surface area contributed by atoms with Gasteiger partial charge in [-0.05, 0) is 75.4 Å². The van der Waals surface area contributed by atoms with Crippen LogP contribution in [0.15, 0.2) is 10.5 Å². The maximum absolute atomic E-state index is 11.9. The number of primary amides is 1. The smallest absolute Gasteiger partial charge is 0.407 e. The average molecular weight is 457 g/mol. The minimum atomic E-state index is -0.586. The van der Waals surface area contributed by atoms with Gasteiger partial charge < -0.3 is 25.8 Å². The molecule has 0 spiro atoms. The zero-order valence-electron chi connectivity index (χ0n) is 16.8. The maximum Gasteiger partial charge on any atom is 0.407 e. The fraction of sp³-hybridized carbons (Fsp3) is 0.632. The molecular formula is C19H29BrN4O4. The number of nitrogens with zero attached hydrogens (tertiary/aromatic N) is 1. The van der Waals surface area contributed by atoms with Crippen molar-refractivity contribution in [3.8, 4) is 5.88 Å². The Kier molecular flexibility index (Phi) is 7.51. The van der Waals surface area contributed by atoms with E-state index < -0.39 is 11.5 Å². The molecule has 1 aliphatic rings. The number of carbonyl (C=O) groups is 2. The molecule has 1 aromatic rings. The molecule has 1 saturated carbocycles. The number of alkyl carbamates (subject to hydrolysis) is 1. The van der Waals surface area contributed by atoms with Gasteiger partial charge in [0.05, 0.1) is 11.1 Å². The SMILES string of the molecule is CCOc1nc(NC2CCC(NC(=O)OC(C)(C)C)CC2)c(Br)cc1C(N)=O. The van der Waals surface area contributed by atoms with Crippen molar-refractivity contribution < 1.29 is 19.1 Å². The number of rotatable bonds is 6. The van der Waals surface area contributed by atoms with E-state index in [9.17, 15) is 9.59 Å². The van der Waals surface area contributed by atoms with E-state index in [2.05, 4.69) is 31.5 Å². The maximum atomic E-state index is 11.9. The number of anilines is 1. The summed E-state index contributed by atoms with van der Waals surface area (Å²) in [6.45, 7) is 7.74. The predicted octanol–water partition coefficient (Wildman–Crippen LogP) is 3.59. The summed E-state index contributed by atoms with van der Waals surface area (Å²) in [6.07, 6.45) is 3.04. The minimum Gasteiger partial charge on any atom is -0.477 e. The molecule has 1 fully saturated rings. The van der Waals surface area contributed by atoms with E-state index in [1.165, 1.54) is 0 Å². The number of halogens is 1. The summed E-state index contributed by atoms with van der Waals surface area (Å²) in [6, 6.07) is 1.92. The monoisotopic (exact) mass is 456 g/mol. The van der Waals surface area contributed by atoms with Crippen LogP contribution < -0.4 is 21.1 Å². The van der Waals surface area contributed by atoms with Gasteiger partial charge in [0, 0.05) is 12.1 Å². The molecule has 0 aliphatic heterocycles. The average Bonchev–Trinajstić information content (AvgIpc) is 2.57. The van der Waals surface area contributed by atoms with Crippen molar-refractivity contribution in [2.45, 2.75) is 71.1 Å². The molecule has 1 aromatic heterocycles. The highest BCUT2D eigenvalue weighted by molar-refractivity contribution is 9.10. The Morgan fingerprint density at radius 3 is 2.39 bits per heavy atom. The minimum absolute atomic E-state index is 0.0977. The third-order valence-electron chi connectivity index (χ3n) is 4.28. The second-order valence-corrected chi connectivity index (χ2v) is 8.66. The van der Waals surface area contributed by atoms with Crippen LogP contribution in [0.5, 0.6) is 5.88 Å². The number of nitrogens with two attached hydrogens (primary N) is 1. The predicted molar refractivity (Wildman–Crippen MR) is 111 cm³/mol. The first-order valence-corrected chi connectivity index (χ1v) is 10.3. The molecular weight excluding hydrogens is 428 g/mol. The number of amides is 2. The van der Waals surface area contributed by atoms with Gasteiger partial charge in [-0.15, -0.1) is 0 Å². The Bertz CT molecular complexity index is 713. The Balaban J connectivity index is 1.95. The summed E-state index contributed by atoms with van der Waals surface area (Å²) in [4.78, 5) is 27.9. The van der Waals surface area contributed by atoms with Crippen molar-refractivity contribution in [3.05, 3.63) is 16.1 Å². The molecule has 0 bridgehead atoms. The van der Waals surface area contributed by atoms with Gasteiger partial charge in [-0.25, -0.2) is 4.79 Å². The van der Waals surface area contributed by atoms with Crippen molar-refractivity contribution in [2.75, 3.05) is 11.9 Å². The summed E-state index contributed by atoms with van der Waals surface area (Å²) in [5.41, 5.74) is 5.13. The number of nitrogens with one attached hydrogen (secondary N) is 2. The van der Waals surface area contributed by atoms with E-state index >= 15 is 0 Å². The van der Waals surface area contributed by atoms with Gasteiger partial charge in [-0.1, -0.05) is 0 Å². The second-order valence-electron chi connectivity index (χ2n) is 7.81. The second kappa shape index (κ2) is 9.45. The lowest BCUT2D eigenvalue weighted by Gasteiger charge is -2.31. The fourth-order valence-electron chi connectivity index (χ4n) is 3.05.